The van der Waals surface area contributed by atoms with E-state index >= 15 is 0 Å². The summed E-state index contributed by atoms with van der Waals surface area (Å²) in [5, 5.41) is 22.2. The summed E-state index contributed by atoms with van der Waals surface area (Å²) in [4.78, 5) is 26.1. The molecule has 2 aromatic rings. The number of amides is 1. The molecule has 0 bridgehead atoms. The number of morpholine rings is 1. The van der Waals surface area contributed by atoms with E-state index in [0.717, 1.165) is 5.01 Å². The van der Waals surface area contributed by atoms with Gasteiger partial charge in [-0.2, -0.15) is 10.1 Å². The van der Waals surface area contributed by atoms with Gasteiger partial charge in [0.2, 0.25) is 10.0 Å². The maximum absolute atomic E-state index is 13.0. The van der Waals surface area contributed by atoms with Crippen molar-refractivity contribution in [3.05, 3.63) is 63.7 Å². The lowest BCUT2D eigenvalue weighted by molar-refractivity contribution is -0.384. The maximum atomic E-state index is 13.0. The number of nitrogens with two attached hydrogens (primary N) is 1. The molecule has 0 aliphatic carbocycles. The standard InChI is InChI=1S/C21H21N5O6S/c1-14-18(21(27)25(23-14)16-3-5-17(6-4-16)33(22,30)31)12-15-2-7-19(20(13-15)26(28)29)24-8-10-32-11-9-24/h2-7,12-13H,8-11H2,1H3,(H2,22,30,31)/b18-12-. The number of nitro groups is 1. The molecule has 11 nitrogen and oxygen atoms in total. The number of nitrogens with zero attached hydrogens (tertiary/aromatic N) is 4. The second-order valence-electron chi connectivity index (χ2n) is 7.50. The summed E-state index contributed by atoms with van der Waals surface area (Å²) in [6.45, 7) is 3.77. The Morgan fingerprint density at radius 1 is 1.15 bits per heavy atom. The average molecular weight is 471 g/mol. The Morgan fingerprint density at radius 2 is 1.82 bits per heavy atom. The number of benzene rings is 2. The van der Waals surface area contributed by atoms with E-state index in [4.69, 9.17) is 9.88 Å². The molecule has 1 saturated heterocycles. The van der Waals surface area contributed by atoms with E-state index in [1.807, 2.05) is 4.90 Å². The summed E-state index contributed by atoms with van der Waals surface area (Å²) >= 11 is 0. The van der Waals surface area contributed by atoms with Gasteiger partial charge < -0.3 is 9.64 Å². The number of rotatable bonds is 5. The van der Waals surface area contributed by atoms with Crippen molar-refractivity contribution >= 4 is 44.8 Å². The van der Waals surface area contributed by atoms with Gasteiger partial charge in [0.25, 0.3) is 11.6 Å². The van der Waals surface area contributed by atoms with Gasteiger partial charge >= 0.3 is 0 Å². The van der Waals surface area contributed by atoms with Gasteiger partial charge in [-0.1, -0.05) is 6.07 Å². The molecule has 0 radical (unpaired) electrons. The van der Waals surface area contributed by atoms with Gasteiger partial charge in [-0.15, -0.1) is 0 Å². The number of anilines is 2. The van der Waals surface area contributed by atoms with Gasteiger partial charge in [0.05, 0.1) is 40.0 Å². The van der Waals surface area contributed by atoms with Crippen LogP contribution < -0.4 is 15.0 Å². The third kappa shape index (κ3) is 4.62. The number of ether oxygens (including phenoxy) is 1. The van der Waals surface area contributed by atoms with E-state index < -0.39 is 20.9 Å². The molecule has 0 atom stereocenters. The van der Waals surface area contributed by atoms with Crippen LogP contribution in [0.25, 0.3) is 6.08 Å². The van der Waals surface area contributed by atoms with Gasteiger partial charge in [0, 0.05) is 19.2 Å². The lowest BCUT2D eigenvalue weighted by Gasteiger charge is -2.28. The number of carbonyl (C=O) groups excluding carboxylic acids is 1. The summed E-state index contributed by atoms with van der Waals surface area (Å²) in [6, 6.07) is 10.3. The van der Waals surface area contributed by atoms with Crippen molar-refractivity contribution < 1.29 is 22.9 Å². The predicted molar refractivity (Wildman–Crippen MR) is 123 cm³/mol. The van der Waals surface area contributed by atoms with E-state index in [1.165, 1.54) is 30.3 Å². The number of primary sulfonamides is 1. The maximum Gasteiger partial charge on any atom is 0.293 e. The van der Waals surface area contributed by atoms with Crippen molar-refractivity contribution in [1.82, 2.24) is 0 Å². The first kappa shape index (κ1) is 22.6. The van der Waals surface area contributed by atoms with Crippen molar-refractivity contribution in [3.8, 4) is 0 Å². The third-order valence-electron chi connectivity index (χ3n) is 5.33. The average Bonchev–Trinajstić information content (AvgIpc) is 3.07. The molecule has 2 heterocycles. The molecule has 172 valence electrons. The lowest BCUT2D eigenvalue weighted by atomic mass is 10.1. The van der Waals surface area contributed by atoms with Crippen molar-refractivity contribution in [3.63, 3.8) is 0 Å². The summed E-state index contributed by atoms with van der Waals surface area (Å²) in [5.74, 6) is -0.434. The molecule has 12 heteroatoms. The highest BCUT2D eigenvalue weighted by molar-refractivity contribution is 7.89. The number of carbonyl (C=O) groups is 1. The first-order chi connectivity index (χ1) is 15.6. The van der Waals surface area contributed by atoms with Gasteiger partial charge in [-0.05, 0) is 48.9 Å². The topological polar surface area (TPSA) is 148 Å². The van der Waals surface area contributed by atoms with Crippen LogP contribution in [0.3, 0.4) is 0 Å². The Hall–Kier alpha value is -3.61. The van der Waals surface area contributed by atoms with E-state index in [0.29, 0.717) is 49.0 Å². The number of nitro benzene ring substituents is 1. The fourth-order valence-corrected chi connectivity index (χ4v) is 4.17. The monoisotopic (exact) mass is 471 g/mol. The van der Waals surface area contributed by atoms with Crippen LogP contribution in [-0.4, -0.2) is 51.3 Å². The van der Waals surface area contributed by atoms with E-state index in [9.17, 15) is 23.3 Å². The van der Waals surface area contributed by atoms with Gasteiger partial charge in [-0.3, -0.25) is 14.9 Å². The van der Waals surface area contributed by atoms with Crippen LogP contribution in [0.15, 0.2) is 58.0 Å². The molecule has 1 fully saturated rings. The molecule has 0 aromatic heterocycles. The van der Waals surface area contributed by atoms with Crippen LogP contribution >= 0.6 is 0 Å². The molecule has 0 saturated carbocycles. The molecular weight excluding hydrogens is 450 g/mol. The van der Waals surface area contributed by atoms with Crippen LogP contribution in [0.5, 0.6) is 0 Å². The summed E-state index contributed by atoms with van der Waals surface area (Å²) < 4.78 is 28.2. The Morgan fingerprint density at radius 3 is 2.42 bits per heavy atom. The minimum absolute atomic E-state index is 0.0540. The Balaban J connectivity index is 1.63. The van der Waals surface area contributed by atoms with Gasteiger partial charge in [-0.25, -0.2) is 13.6 Å². The van der Waals surface area contributed by atoms with E-state index in [-0.39, 0.29) is 16.2 Å². The van der Waals surface area contributed by atoms with Gasteiger partial charge in [0.15, 0.2) is 0 Å². The van der Waals surface area contributed by atoms with Gasteiger partial charge in [0.1, 0.15) is 5.69 Å². The second-order valence-corrected chi connectivity index (χ2v) is 9.07. The fraction of sp³-hybridized carbons (Fsp3) is 0.238. The number of hydrogen-bond acceptors (Lipinski definition) is 8. The molecule has 0 spiro atoms. The minimum atomic E-state index is -3.86. The number of hydrazone groups is 1. The quantitative estimate of drug-likeness (QED) is 0.397. The number of sulfonamides is 1. The molecular formula is C21H21N5O6S. The molecule has 2 aliphatic rings. The molecule has 2 aromatic carbocycles. The van der Waals surface area contributed by atoms with E-state index in [1.54, 1.807) is 25.1 Å². The second kappa shape index (κ2) is 8.73. The molecule has 4 rings (SSSR count). The van der Waals surface area contributed by atoms with Crippen LogP contribution in [0, 0.1) is 10.1 Å². The first-order valence-corrected chi connectivity index (χ1v) is 11.6. The Kier molecular flexibility index (Phi) is 5.97. The molecule has 1 amide bonds. The van der Waals surface area contributed by atoms with Crippen molar-refractivity contribution in [1.29, 1.82) is 0 Å². The Labute approximate surface area is 189 Å². The normalized spacial score (nSPS) is 18.1. The minimum Gasteiger partial charge on any atom is -0.378 e. The van der Waals surface area contributed by atoms with Crippen LogP contribution in [0.4, 0.5) is 17.1 Å². The largest absolute Gasteiger partial charge is 0.378 e. The lowest BCUT2D eigenvalue weighted by Crippen LogP contribution is -2.36. The highest BCUT2D eigenvalue weighted by atomic mass is 32.2. The summed E-state index contributed by atoms with van der Waals surface area (Å²) in [6.07, 6.45) is 1.55. The highest BCUT2D eigenvalue weighted by Gasteiger charge is 2.29. The smallest absolute Gasteiger partial charge is 0.293 e. The Bertz CT molecular complexity index is 1280. The molecule has 2 aliphatic heterocycles. The third-order valence-corrected chi connectivity index (χ3v) is 6.26. The van der Waals surface area contributed by atoms with Crippen molar-refractivity contribution in [2.75, 3.05) is 36.2 Å². The molecule has 0 unspecified atom stereocenters. The van der Waals surface area contributed by atoms with Crippen LogP contribution in [0.1, 0.15) is 12.5 Å². The van der Waals surface area contributed by atoms with E-state index in [2.05, 4.69) is 5.10 Å². The zero-order chi connectivity index (χ0) is 23.8. The van der Waals surface area contributed by atoms with Crippen LogP contribution in [0.2, 0.25) is 0 Å². The van der Waals surface area contributed by atoms with Crippen molar-refractivity contribution in [2.45, 2.75) is 11.8 Å². The summed E-state index contributed by atoms with van der Waals surface area (Å²) in [7, 11) is -3.86. The SMILES string of the molecule is CC1=NN(c2ccc(S(N)(=O)=O)cc2)C(=O)/C1=C\c1ccc(N2CCOCC2)c([N+](=O)[O-])c1. The summed E-state index contributed by atoms with van der Waals surface area (Å²) in [5.41, 5.74) is 2.01. The zero-order valence-corrected chi connectivity index (χ0v) is 18.5. The molecule has 33 heavy (non-hydrogen) atoms. The molecule has 2 N–H and O–H groups in total. The van der Waals surface area contributed by atoms with Crippen LogP contribution in [-0.2, 0) is 19.6 Å². The zero-order valence-electron chi connectivity index (χ0n) is 17.7. The highest BCUT2D eigenvalue weighted by Crippen LogP contribution is 2.32. The first-order valence-electron chi connectivity index (χ1n) is 10.0. The van der Waals surface area contributed by atoms with Crippen molar-refractivity contribution in [2.24, 2.45) is 10.2 Å². The fourth-order valence-electron chi connectivity index (χ4n) is 3.65. The number of hydrogen-bond donors (Lipinski definition) is 1. The predicted octanol–water partition coefficient (Wildman–Crippen LogP) is 1.88.